The van der Waals surface area contributed by atoms with E-state index in [1.165, 1.54) is 0 Å². The molecule has 1 rings (SSSR count). The minimum Gasteiger partial charge on any atom is -0.360 e. The molecule has 12 heavy (non-hydrogen) atoms. The Bertz CT molecular complexity index is 261. The van der Waals surface area contributed by atoms with Crippen molar-refractivity contribution in [1.29, 1.82) is 0 Å². The highest BCUT2D eigenvalue weighted by molar-refractivity contribution is 5.24. The van der Waals surface area contributed by atoms with E-state index in [2.05, 4.69) is 0 Å². The van der Waals surface area contributed by atoms with E-state index in [-0.39, 0.29) is 0 Å². The standard InChI is InChI=1S/C6H4F5N/c7-5(8)4-3(1-2-12-4)6(9,10)11/h1-2,5,12H. The van der Waals surface area contributed by atoms with Crippen molar-refractivity contribution < 1.29 is 22.0 Å². The van der Waals surface area contributed by atoms with Gasteiger partial charge >= 0.3 is 6.18 Å². The summed E-state index contributed by atoms with van der Waals surface area (Å²) in [4.78, 5) is 1.84. The summed E-state index contributed by atoms with van der Waals surface area (Å²) in [5, 5.41) is 0. The third-order valence-electron chi connectivity index (χ3n) is 1.30. The molecule has 0 spiro atoms. The van der Waals surface area contributed by atoms with Crippen LogP contribution in [0.25, 0.3) is 0 Å². The number of hydrogen-bond acceptors (Lipinski definition) is 0. The molecule has 0 atom stereocenters. The highest BCUT2D eigenvalue weighted by Crippen LogP contribution is 2.35. The Balaban J connectivity index is 3.08. The van der Waals surface area contributed by atoms with Crippen molar-refractivity contribution >= 4 is 0 Å². The van der Waals surface area contributed by atoms with Crippen LogP contribution in [0.5, 0.6) is 0 Å². The van der Waals surface area contributed by atoms with Crippen LogP contribution in [0.4, 0.5) is 22.0 Å². The molecule has 0 fully saturated rings. The third-order valence-corrected chi connectivity index (χ3v) is 1.30. The molecular weight excluding hydrogens is 181 g/mol. The summed E-state index contributed by atoms with van der Waals surface area (Å²) in [5.41, 5.74) is -2.39. The van der Waals surface area contributed by atoms with Gasteiger partial charge in [-0.2, -0.15) is 13.2 Å². The van der Waals surface area contributed by atoms with E-state index < -0.39 is 23.9 Å². The van der Waals surface area contributed by atoms with Gasteiger partial charge in [-0.05, 0) is 6.07 Å². The lowest BCUT2D eigenvalue weighted by Gasteiger charge is -2.06. The van der Waals surface area contributed by atoms with Crippen molar-refractivity contribution in [2.75, 3.05) is 0 Å². The van der Waals surface area contributed by atoms with Crippen LogP contribution in [-0.2, 0) is 6.18 Å². The maximum atomic E-state index is 11.9. The predicted octanol–water partition coefficient (Wildman–Crippen LogP) is 2.97. The molecule has 0 amide bonds. The monoisotopic (exact) mass is 185 g/mol. The van der Waals surface area contributed by atoms with Crippen LogP contribution in [-0.4, -0.2) is 4.98 Å². The maximum Gasteiger partial charge on any atom is 0.418 e. The molecule has 1 nitrogen and oxygen atoms in total. The van der Waals surface area contributed by atoms with Gasteiger partial charge in [0.15, 0.2) is 0 Å². The number of hydrogen-bond donors (Lipinski definition) is 1. The van der Waals surface area contributed by atoms with E-state index >= 15 is 0 Å². The number of halogens is 5. The van der Waals surface area contributed by atoms with Crippen molar-refractivity contribution in [3.05, 3.63) is 23.5 Å². The first-order valence-corrected chi connectivity index (χ1v) is 2.95. The van der Waals surface area contributed by atoms with Crippen LogP contribution in [0.2, 0.25) is 0 Å². The van der Waals surface area contributed by atoms with Crippen LogP contribution in [0.3, 0.4) is 0 Å². The normalized spacial score (nSPS) is 12.5. The van der Waals surface area contributed by atoms with Gasteiger partial charge in [0, 0.05) is 6.20 Å². The van der Waals surface area contributed by atoms with Crippen molar-refractivity contribution in [1.82, 2.24) is 4.98 Å². The molecular formula is C6H4F5N. The smallest absolute Gasteiger partial charge is 0.360 e. The van der Waals surface area contributed by atoms with Gasteiger partial charge in [0.1, 0.15) is 0 Å². The van der Waals surface area contributed by atoms with E-state index in [9.17, 15) is 22.0 Å². The first-order chi connectivity index (χ1) is 5.43. The van der Waals surface area contributed by atoms with Crippen molar-refractivity contribution in [2.24, 2.45) is 0 Å². The first-order valence-electron chi connectivity index (χ1n) is 2.95. The zero-order valence-corrected chi connectivity index (χ0v) is 5.62. The van der Waals surface area contributed by atoms with Crippen LogP contribution in [0, 0.1) is 0 Å². The van der Waals surface area contributed by atoms with Crippen molar-refractivity contribution in [3.8, 4) is 0 Å². The van der Waals surface area contributed by atoms with E-state index in [1.54, 1.807) is 0 Å². The molecule has 0 radical (unpaired) electrons. The number of nitrogens with one attached hydrogen (secondary N) is 1. The zero-order chi connectivity index (χ0) is 9.35. The van der Waals surface area contributed by atoms with Crippen molar-refractivity contribution in [2.45, 2.75) is 12.6 Å². The Hall–Kier alpha value is -1.07. The van der Waals surface area contributed by atoms with E-state index in [0.717, 1.165) is 6.20 Å². The molecule has 0 saturated carbocycles. The summed E-state index contributed by atoms with van der Waals surface area (Å²) in [7, 11) is 0. The van der Waals surface area contributed by atoms with Gasteiger partial charge in [-0.1, -0.05) is 0 Å². The minimum atomic E-state index is -4.72. The largest absolute Gasteiger partial charge is 0.418 e. The molecule has 0 saturated heterocycles. The second-order valence-corrected chi connectivity index (χ2v) is 2.10. The quantitative estimate of drug-likeness (QED) is 0.647. The lowest BCUT2D eigenvalue weighted by Crippen LogP contribution is -2.07. The average molecular weight is 185 g/mol. The van der Waals surface area contributed by atoms with Crippen LogP contribution in [0.15, 0.2) is 12.3 Å². The summed E-state index contributed by atoms with van der Waals surface area (Å²) in [6, 6.07) is 0.585. The number of H-pyrrole nitrogens is 1. The molecule has 0 aromatic carbocycles. The summed E-state index contributed by atoms with van der Waals surface area (Å²) < 4.78 is 59.4. The zero-order valence-electron chi connectivity index (χ0n) is 5.62. The van der Waals surface area contributed by atoms with Crippen LogP contribution >= 0.6 is 0 Å². The molecule has 1 aromatic heterocycles. The van der Waals surface area contributed by atoms with Gasteiger partial charge in [-0.25, -0.2) is 8.78 Å². The molecule has 0 bridgehead atoms. The van der Waals surface area contributed by atoms with Crippen LogP contribution in [0.1, 0.15) is 17.7 Å². The highest BCUT2D eigenvalue weighted by atomic mass is 19.4. The molecule has 68 valence electrons. The third kappa shape index (κ3) is 1.57. The lowest BCUT2D eigenvalue weighted by molar-refractivity contribution is -0.139. The summed E-state index contributed by atoms with van der Waals surface area (Å²) in [5.74, 6) is 0. The number of aromatic nitrogens is 1. The predicted molar refractivity (Wildman–Crippen MR) is 30.8 cm³/mol. The van der Waals surface area contributed by atoms with E-state index in [4.69, 9.17) is 0 Å². The molecule has 1 aromatic rings. The molecule has 0 unspecified atom stereocenters. The summed E-state index contributed by atoms with van der Waals surface area (Å²) in [6.07, 6.45) is -7.01. The van der Waals surface area contributed by atoms with Gasteiger partial charge in [0.2, 0.25) is 0 Å². The van der Waals surface area contributed by atoms with Gasteiger partial charge < -0.3 is 4.98 Å². The molecule has 1 N–H and O–H groups in total. The minimum absolute atomic E-state index is 0.585. The lowest BCUT2D eigenvalue weighted by atomic mass is 10.2. The molecule has 0 aliphatic carbocycles. The summed E-state index contributed by atoms with van der Waals surface area (Å²) in [6.45, 7) is 0. The molecule has 6 heteroatoms. The molecule has 0 aliphatic heterocycles. The van der Waals surface area contributed by atoms with Gasteiger partial charge in [0.05, 0.1) is 11.3 Å². The Kier molecular flexibility index (Phi) is 2.08. The first kappa shape index (κ1) is 9.02. The Morgan fingerprint density at radius 3 is 2.17 bits per heavy atom. The maximum absolute atomic E-state index is 11.9. The second-order valence-electron chi connectivity index (χ2n) is 2.10. The molecule has 0 aliphatic rings. The fourth-order valence-corrected chi connectivity index (χ4v) is 0.810. The van der Waals surface area contributed by atoms with Crippen molar-refractivity contribution in [3.63, 3.8) is 0 Å². The SMILES string of the molecule is FC(F)c1[nH]ccc1C(F)(F)F. The Morgan fingerprint density at radius 1 is 1.25 bits per heavy atom. The summed E-state index contributed by atoms with van der Waals surface area (Å²) >= 11 is 0. The average Bonchev–Trinajstić information content (AvgIpc) is 2.30. The fourth-order valence-electron chi connectivity index (χ4n) is 0.810. The number of rotatable bonds is 1. The van der Waals surface area contributed by atoms with E-state index in [1.807, 2.05) is 4.98 Å². The number of alkyl halides is 5. The van der Waals surface area contributed by atoms with Gasteiger partial charge in [-0.3, -0.25) is 0 Å². The second kappa shape index (κ2) is 2.76. The fraction of sp³-hybridized carbons (Fsp3) is 0.333. The molecule has 1 heterocycles. The van der Waals surface area contributed by atoms with Gasteiger partial charge in [0.25, 0.3) is 6.43 Å². The number of aromatic amines is 1. The Morgan fingerprint density at radius 2 is 1.83 bits per heavy atom. The Labute approximate surface area is 64.2 Å². The van der Waals surface area contributed by atoms with E-state index in [0.29, 0.717) is 6.07 Å². The highest BCUT2D eigenvalue weighted by Gasteiger charge is 2.36. The topological polar surface area (TPSA) is 15.8 Å². The van der Waals surface area contributed by atoms with Gasteiger partial charge in [-0.15, -0.1) is 0 Å². The van der Waals surface area contributed by atoms with Crippen LogP contribution < -0.4 is 0 Å².